The number of rotatable bonds is 4. The van der Waals surface area contributed by atoms with Crippen LogP contribution in [0.4, 0.5) is 0 Å². The fourth-order valence-electron chi connectivity index (χ4n) is 2.74. The second kappa shape index (κ2) is 6.90. The fourth-order valence-corrected chi connectivity index (χ4v) is 4.45. The number of hydrogen-bond donors (Lipinski definition) is 1. The Labute approximate surface area is 141 Å². The standard InChI is InChI=1S/C16H21NO6S/c1-12(18)17-9-7-16(20,8-10-17)11-24(21,22)14-5-3-13(4-6-14)15(19)23-2/h3-6,20H,7-11H2,1-2H3. The Morgan fingerprint density at radius 3 is 2.21 bits per heavy atom. The summed E-state index contributed by atoms with van der Waals surface area (Å²) in [5.74, 6) is -1.05. The molecule has 0 spiro atoms. The van der Waals surface area contributed by atoms with Gasteiger partial charge in [-0.25, -0.2) is 13.2 Å². The Balaban J connectivity index is 2.11. The SMILES string of the molecule is COC(=O)c1ccc(S(=O)(=O)CC2(O)CCN(C(C)=O)CC2)cc1. The van der Waals surface area contributed by atoms with E-state index in [4.69, 9.17) is 0 Å². The summed E-state index contributed by atoms with van der Waals surface area (Å²) in [6.07, 6.45) is 0.429. The Hall–Kier alpha value is -1.93. The van der Waals surface area contributed by atoms with Crippen LogP contribution in [0.15, 0.2) is 29.2 Å². The van der Waals surface area contributed by atoms with E-state index in [0.717, 1.165) is 0 Å². The monoisotopic (exact) mass is 355 g/mol. The number of benzene rings is 1. The number of carbonyl (C=O) groups excluding carboxylic acids is 2. The van der Waals surface area contributed by atoms with Crippen molar-refractivity contribution in [3.63, 3.8) is 0 Å². The summed E-state index contributed by atoms with van der Waals surface area (Å²) in [5, 5.41) is 10.6. The van der Waals surface area contributed by atoms with E-state index in [2.05, 4.69) is 4.74 Å². The number of sulfone groups is 1. The Bertz CT molecular complexity index is 717. The summed E-state index contributed by atoms with van der Waals surface area (Å²) in [7, 11) is -2.46. The molecule has 1 aromatic carbocycles. The van der Waals surface area contributed by atoms with Gasteiger partial charge >= 0.3 is 5.97 Å². The van der Waals surface area contributed by atoms with Gasteiger partial charge in [0.15, 0.2) is 9.84 Å². The maximum absolute atomic E-state index is 12.5. The van der Waals surface area contributed by atoms with Gasteiger partial charge in [0.25, 0.3) is 0 Å². The molecule has 0 radical (unpaired) electrons. The maximum Gasteiger partial charge on any atom is 0.337 e. The predicted octanol–water partition coefficient (Wildman–Crippen LogP) is 0.620. The van der Waals surface area contributed by atoms with Crippen molar-refractivity contribution in [2.24, 2.45) is 0 Å². The van der Waals surface area contributed by atoms with Crippen molar-refractivity contribution in [2.45, 2.75) is 30.3 Å². The molecule has 1 fully saturated rings. The fraction of sp³-hybridized carbons (Fsp3) is 0.500. The van der Waals surface area contributed by atoms with Gasteiger partial charge in [0.05, 0.1) is 28.9 Å². The molecule has 1 heterocycles. The number of piperidine rings is 1. The largest absolute Gasteiger partial charge is 0.465 e. The molecule has 1 aliphatic heterocycles. The van der Waals surface area contributed by atoms with Crippen molar-refractivity contribution in [3.05, 3.63) is 29.8 Å². The number of ether oxygens (including phenoxy) is 1. The van der Waals surface area contributed by atoms with Crippen LogP contribution in [-0.2, 0) is 19.4 Å². The van der Waals surface area contributed by atoms with E-state index in [1.54, 1.807) is 4.90 Å². The molecule has 1 saturated heterocycles. The first-order chi connectivity index (χ1) is 11.2. The van der Waals surface area contributed by atoms with Crippen molar-refractivity contribution in [3.8, 4) is 0 Å². The van der Waals surface area contributed by atoms with Crippen molar-refractivity contribution in [1.82, 2.24) is 4.90 Å². The molecule has 0 saturated carbocycles. The highest BCUT2D eigenvalue weighted by molar-refractivity contribution is 7.91. The van der Waals surface area contributed by atoms with E-state index in [1.807, 2.05) is 0 Å². The number of hydrogen-bond acceptors (Lipinski definition) is 6. The van der Waals surface area contributed by atoms with E-state index < -0.39 is 27.2 Å². The van der Waals surface area contributed by atoms with Crippen LogP contribution in [0.5, 0.6) is 0 Å². The molecular formula is C16H21NO6S. The van der Waals surface area contributed by atoms with Crippen LogP contribution < -0.4 is 0 Å². The maximum atomic E-state index is 12.5. The summed E-state index contributed by atoms with van der Waals surface area (Å²) < 4.78 is 29.6. The molecule has 0 aliphatic carbocycles. The van der Waals surface area contributed by atoms with Crippen LogP contribution in [0.25, 0.3) is 0 Å². The van der Waals surface area contributed by atoms with Gasteiger partial charge in [0.1, 0.15) is 0 Å². The van der Waals surface area contributed by atoms with E-state index >= 15 is 0 Å². The molecule has 0 aromatic heterocycles. The molecule has 132 valence electrons. The number of aliphatic hydroxyl groups is 1. The summed E-state index contributed by atoms with van der Waals surface area (Å²) in [6, 6.07) is 5.41. The van der Waals surface area contributed by atoms with E-state index in [0.29, 0.717) is 13.1 Å². The molecule has 1 aliphatic rings. The number of nitrogens with zero attached hydrogens (tertiary/aromatic N) is 1. The molecule has 2 rings (SSSR count). The molecule has 0 bridgehead atoms. The van der Waals surface area contributed by atoms with E-state index in [9.17, 15) is 23.1 Å². The predicted molar refractivity (Wildman–Crippen MR) is 86.3 cm³/mol. The third-order valence-corrected chi connectivity index (χ3v) is 6.14. The van der Waals surface area contributed by atoms with Gasteiger partial charge in [0.2, 0.25) is 5.91 Å². The molecular weight excluding hydrogens is 334 g/mol. The van der Waals surface area contributed by atoms with Crippen molar-refractivity contribution in [2.75, 3.05) is 26.0 Å². The lowest BCUT2D eigenvalue weighted by Crippen LogP contribution is -2.49. The smallest absolute Gasteiger partial charge is 0.337 e. The summed E-state index contributed by atoms with van der Waals surface area (Å²) >= 11 is 0. The van der Waals surface area contributed by atoms with Gasteiger partial charge in [-0.3, -0.25) is 4.79 Å². The highest BCUT2D eigenvalue weighted by Crippen LogP contribution is 2.27. The first-order valence-corrected chi connectivity index (χ1v) is 9.21. The average Bonchev–Trinajstić information content (AvgIpc) is 2.53. The van der Waals surface area contributed by atoms with Crippen LogP contribution in [0.2, 0.25) is 0 Å². The molecule has 1 N–H and O–H groups in total. The van der Waals surface area contributed by atoms with Crippen LogP contribution in [-0.4, -0.2) is 61.9 Å². The minimum absolute atomic E-state index is 0.0394. The molecule has 7 nitrogen and oxygen atoms in total. The van der Waals surface area contributed by atoms with Crippen LogP contribution in [0.3, 0.4) is 0 Å². The van der Waals surface area contributed by atoms with Crippen LogP contribution >= 0.6 is 0 Å². The highest BCUT2D eigenvalue weighted by atomic mass is 32.2. The van der Waals surface area contributed by atoms with Gasteiger partial charge in [-0.2, -0.15) is 0 Å². The lowest BCUT2D eigenvalue weighted by Gasteiger charge is -2.37. The third kappa shape index (κ3) is 4.12. The van der Waals surface area contributed by atoms with Crippen molar-refractivity contribution < 1.29 is 27.9 Å². The van der Waals surface area contributed by atoms with Gasteiger partial charge in [0, 0.05) is 20.0 Å². The number of likely N-dealkylation sites (tertiary alicyclic amines) is 1. The zero-order chi connectivity index (χ0) is 18.0. The Morgan fingerprint density at radius 1 is 1.21 bits per heavy atom. The first-order valence-electron chi connectivity index (χ1n) is 7.56. The Kier molecular flexibility index (Phi) is 5.29. The molecule has 1 aromatic rings. The van der Waals surface area contributed by atoms with Gasteiger partial charge in [-0.15, -0.1) is 0 Å². The summed E-state index contributed by atoms with van der Waals surface area (Å²) in [5.41, 5.74) is -1.10. The molecule has 0 unspecified atom stereocenters. The van der Waals surface area contributed by atoms with E-state index in [1.165, 1.54) is 38.3 Å². The minimum Gasteiger partial charge on any atom is -0.465 e. The first kappa shape index (κ1) is 18.4. The topological polar surface area (TPSA) is 101 Å². The minimum atomic E-state index is -3.71. The molecule has 1 amide bonds. The van der Waals surface area contributed by atoms with Gasteiger partial charge in [-0.1, -0.05) is 0 Å². The normalized spacial score (nSPS) is 17.4. The zero-order valence-corrected chi connectivity index (χ0v) is 14.5. The molecule has 8 heteroatoms. The van der Waals surface area contributed by atoms with E-state index in [-0.39, 0.29) is 29.2 Å². The number of methoxy groups -OCH3 is 1. The zero-order valence-electron chi connectivity index (χ0n) is 13.7. The molecule has 24 heavy (non-hydrogen) atoms. The second-order valence-corrected chi connectivity index (χ2v) is 8.00. The average molecular weight is 355 g/mol. The highest BCUT2D eigenvalue weighted by Gasteiger charge is 2.37. The number of carbonyl (C=O) groups is 2. The van der Waals surface area contributed by atoms with Gasteiger partial charge < -0.3 is 14.7 Å². The second-order valence-electron chi connectivity index (χ2n) is 6.01. The summed E-state index contributed by atoms with van der Waals surface area (Å²) in [6.45, 7) is 2.12. The lowest BCUT2D eigenvalue weighted by atomic mass is 9.93. The van der Waals surface area contributed by atoms with Gasteiger partial charge in [-0.05, 0) is 37.1 Å². The van der Waals surface area contributed by atoms with Crippen molar-refractivity contribution in [1.29, 1.82) is 0 Å². The summed E-state index contributed by atoms with van der Waals surface area (Å²) in [4.78, 5) is 24.3. The molecule has 0 atom stereocenters. The van der Waals surface area contributed by atoms with Crippen LogP contribution in [0, 0.1) is 0 Å². The van der Waals surface area contributed by atoms with Crippen LogP contribution in [0.1, 0.15) is 30.1 Å². The van der Waals surface area contributed by atoms with Crippen molar-refractivity contribution >= 4 is 21.7 Å². The third-order valence-electron chi connectivity index (χ3n) is 4.23. The number of esters is 1. The quantitative estimate of drug-likeness (QED) is 0.795. The lowest BCUT2D eigenvalue weighted by molar-refractivity contribution is -0.132. The Morgan fingerprint density at radius 2 is 1.75 bits per heavy atom. The number of amides is 1.